The highest BCUT2D eigenvalue weighted by Crippen LogP contribution is 2.24. The highest BCUT2D eigenvalue weighted by molar-refractivity contribution is 7.92. The summed E-state index contributed by atoms with van der Waals surface area (Å²) >= 11 is 6.41. The molecule has 38 heavy (non-hydrogen) atoms. The molecule has 10 heteroatoms. The van der Waals surface area contributed by atoms with Crippen LogP contribution in [-0.4, -0.2) is 57.6 Å². The smallest absolute Gasteiger partial charge is 0.244 e. The lowest BCUT2D eigenvalue weighted by molar-refractivity contribution is -0.139. The number of hydrogen-bond acceptors (Lipinski definition) is 5. The lowest BCUT2D eigenvalue weighted by Gasteiger charge is -2.33. The van der Waals surface area contributed by atoms with Crippen molar-refractivity contribution in [3.05, 3.63) is 95.0 Å². The molecule has 1 unspecified atom stereocenters. The molecule has 2 amide bonds. The van der Waals surface area contributed by atoms with E-state index in [9.17, 15) is 18.0 Å². The normalized spacial score (nSPS) is 11.9. The van der Waals surface area contributed by atoms with Crippen molar-refractivity contribution in [2.45, 2.75) is 25.9 Å². The van der Waals surface area contributed by atoms with Crippen LogP contribution in [0.1, 0.15) is 18.1 Å². The summed E-state index contributed by atoms with van der Waals surface area (Å²) < 4.78 is 32.0. The minimum atomic E-state index is -3.84. The third-order valence-electron chi connectivity index (χ3n) is 5.93. The van der Waals surface area contributed by atoms with Gasteiger partial charge in [0.15, 0.2) is 0 Å². The Morgan fingerprint density at radius 2 is 1.61 bits per heavy atom. The first kappa shape index (κ1) is 29.0. The summed E-state index contributed by atoms with van der Waals surface area (Å²) in [5, 5.41) is 3.08. The first-order valence-electron chi connectivity index (χ1n) is 12.1. The summed E-state index contributed by atoms with van der Waals surface area (Å²) in [6.45, 7) is 1.83. The number of benzene rings is 3. The highest BCUT2D eigenvalue weighted by atomic mass is 35.5. The van der Waals surface area contributed by atoms with Crippen molar-refractivity contribution in [3.63, 3.8) is 0 Å². The van der Waals surface area contributed by atoms with Crippen LogP contribution in [0.3, 0.4) is 0 Å². The van der Waals surface area contributed by atoms with Gasteiger partial charge in [-0.2, -0.15) is 0 Å². The number of hydrogen-bond donors (Lipinski definition) is 1. The van der Waals surface area contributed by atoms with Gasteiger partial charge in [-0.3, -0.25) is 13.9 Å². The second kappa shape index (κ2) is 13.3. The van der Waals surface area contributed by atoms with Crippen LogP contribution in [0.2, 0.25) is 5.02 Å². The van der Waals surface area contributed by atoms with Crippen LogP contribution in [0, 0.1) is 0 Å². The molecule has 3 rings (SSSR count). The van der Waals surface area contributed by atoms with Gasteiger partial charge in [0.2, 0.25) is 21.8 Å². The SMILES string of the molecule is CCOc1ccc(N(CC(=O)N(Cc2ccccc2Cl)C(Cc2ccccc2)C(=O)NC)S(C)(=O)=O)cc1. The van der Waals surface area contributed by atoms with E-state index in [0.29, 0.717) is 28.6 Å². The van der Waals surface area contributed by atoms with E-state index >= 15 is 0 Å². The van der Waals surface area contributed by atoms with Crippen LogP contribution in [0.4, 0.5) is 5.69 Å². The standard InChI is InChI=1S/C28H32ClN3O5S/c1-4-37-24-16-14-23(15-17-24)32(38(3,35)36)20-27(33)31(19-22-12-8-9-13-25(22)29)26(28(34)30-2)18-21-10-6-5-7-11-21/h5-17,26H,4,18-20H2,1-3H3,(H,30,34). The van der Waals surface area contributed by atoms with Crippen molar-refractivity contribution < 1.29 is 22.7 Å². The first-order valence-corrected chi connectivity index (χ1v) is 14.4. The number of nitrogens with one attached hydrogen (secondary N) is 1. The Labute approximate surface area is 229 Å². The third kappa shape index (κ3) is 7.72. The summed E-state index contributed by atoms with van der Waals surface area (Å²) in [6.07, 6.45) is 1.27. The van der Waals surface area contributed by atoms with Gasteiger partial charge in [-0.05, 0) is 48.4 Å². The molecular weight excluding hydrogens is 526 g/mol. The average Bonchev–Trinajstić information content (AvgIpc) is 2.90. The predicted octanol–water partition coefficient (Wildman–Crippen LogP) is 3.89. The maximum atomic E-state index is 13.9. The van der Waals surface area contributed by atoms with Crippen LogP contribution < -0.4 is 14.4 Å². The molecule has 1 N–H and O–H groups in total. The zero-order valence-corrected chi connectivity index (χ0v) is 23.2. The molecule has 8 nitrogen and oxygen atoms in total. The minimum Gasteiger partial charge on any atom is -0.494 e. The number of carbonyl (C=O) groups excluding carboxylic acids is 2. The number of carbonyl (C=O) groups is 2. The summed E-state index contributed by atoms with van der Waals surface area (Å²) in [4.78, 5) is 28.4. The Morgan fingerprint density at radius 3 is 2.18 bits per heavy atom. The number of halogens is 1. The number of sulfonamides is 1. The fraction of sp³-hybridized carbons (Fsp3) is 0.286. The van der Waals surface area contributed by atoms with Crippen molar-refractivity contribution in [2.24, 2.45) is 0 Å². The Morgan fingerprint density at radius 1 is 0.974 bits per heavy atom. The van der Waals surface area contributed by atoms with Gasteiger partial charge in [0.1, 0.15) is 18.3 Å². The molecule has 1 atom stereocenters. The lowest BCUT2D eigenvalue weighted by Crippen LogP contribution is -2.52. The highest BCUT2D eigenvalue weighted by Gasteiger charge is 2.33. The maximum absolute atomic E-state index is 13.9. The van der Waals surface area contributed by atoms with E-state index in [-0.39, 0.29) is 18.9 Å². The Bertz CT molecular complexity index is 1330. The predicted molar refractivity (Wildman–Crippen MR) is 150 cm³/mol. The molecule has 0 aliphatic rings. The van der Waals surface area contributed by atoms with Crippen molar-refractivity contribution in [2.75, 3.05) is 30.8 Å². The second-order valence-electron chi connectivity index (χ2n) is 8.63. The Balaban J connectivity index is 2.01. The van der Waals surface area contributed by atoms with E-state index in [0.717, 1.165) is 16.1 Å². The maximum Gasteiger partial charge on any atom is 0.244 e. The fourth-order valence-corrected chi connectivity index (χ4v) is 5.06. The van der Waals surface area contributed by atoms with E-state index in [1.54, 1.807) is 48.5 Å². The van der Waals surface area contributed by atoms with Crippen LogP contribution >= 0.6 is 11.6 Å². The molecule has 3 aromatic carbocycles. The topological polar surface area (TPSA) is 96.0 Å². The second-order valence-corrected chi connectivity index (χ2v) is 10.9. The molecule has 0 radical (unpaired) electrons. The van der Waals surface area contributed by atoms with Crippen LogP contribution in [0.25, 0.3) is 0 Å². The van der Waals surface area contributed by atoms with E-state index in [4.69, 9.17) is 16.3 Å². The van der Waals surface area contributed by atoms with Crippen molar-refractivity contribution in [3.8, 4) is 5.75 Å². The molecule has 0 heterocycles. The molecule has 0 saturated heterocycles. The summed E-state index contributed by atoms with van der Waals surface area (Å²) in [7, 11) is -2.34. The van der Waals surface area contributed by atoms with Gasteiger partial charge in [-0.25, -0.2) is 8.42 Å². The van der Waals surface area contributed by atoms with Gasteiger partial charge in [0.05, 0.1) is 18.6 Å². The lowest BCUT2D eigenvalue weighted by atomic mass is 10.0. The number of rotatable bonds is 12. The Hall–Kier alpha value is -3.56. The zero-order chi connectivity index (χ0) is 27.7. The molecule has 0 bridgehead atoms. The zero-order valence-electron chi connectivity index (χ0n) is 21.6. The quantitative estimate of drug-likeness (QED) is 0.364. The van der Waals surface area contributed by atoms with E-state index in [1.807, 2.05) is 37.3 Å². The molecule has 0 aliphatic heterocycles. The Kier molecular flexibility index (Phi) is 10.2. The molecule has 0 saturated carbocycles. The minimum absolute atomic E-state index is 0.0182. The molecule has 3 aromatic rings. The van der Waals surface area contributed by atoms with Crippen molar-refractivity contribution in [1.82, 2.24) is 10.2 Å². The van der Waals surface area contributed by atoms with Crippen LogP contribution in [0.15, 0.2) is 78.9 Å². The molecular formula is C28H32ClN3O5S. The first-order chi connectivity index (χ1) is 18.1. The molecule has 0 aromatic heterocycles. The van der Waals surface area contributed by atoms with E-state index < -0.39 is 28.5 Å². The van der Waals surface area contributed by atoms with Crippen molar-refractivity contribution in [1.29, 1.82) is 0 Å². The number of likely N-dealkylation sites (N-methyl/N-ethyl adjacent to an activating group) is 1. The van der Waals surface area contributed by atoms with Gasteiger partial charge in [-0.15, -0.1) is 0 Å². The van der Waals surface area contributed by atoms with E-state index in [2.05, 4.69) is 5.32 Å². The molecule has 0 spiro atoms. The van der Waals surface area contributed by atoms with Crippen molar-refractivity contribution >= 4 is 39.1 Å². The molecule has 202 valence electrons. The fourth-order valence-electron chi connectivity index (χ4n) is 4.02. The van der Waals surface area contributed by atoms with E-state index in [1.165, 1.54) is 11.9 Å². The number of anilines is 1. The van der Waals surface area contributed by atoms with Crippen LogP contribution in [0.5, 0.6) is 5.75 Å². The number of nitrogens with zero attached hydrogens (tertiary/aromatic N) is 2. The number of amides is 2. The monoisotopic (exact) mass is 557 g/mol. The summed E-state index contributed by atoms with van der Waals surface area (Å²) in [5.74, 6) is -0.339. The molecule has 0 fully saturated rings. The third-order valence-corrected chi connectivity index (χ3v) is 7.44. The van der Waals surface area contributed by atoms with Gasteiger partial charge in [0, 0.05) is 25.0 Å². The van der Waals surface area contributed by atoms with Crippen LogP contribution in [-0.2, 0) is 32.6 Å². The van der Waals surface area contributed by atoms with Gasteiger partial charge < -0.3 is 15.0 Å². The number of ether oxygens (including phenoxy) is 1. The van der Waals surface area contributed by atoms with Gasteiger partial charge >= 0.3 is 0 Å². The van der Waals surface area contributed by atoms with Gasteiger partial charge in [-0.1, -0.05) is 60.1 Å². The average molecular weight is 558 g/mol. The van der Waals surface area contributed by atoms with Gasteiger partial charge in [0.25, 0.3) is 0 Å². The summed E-state index contributed by atoms with van der Waals surface area (Å²) in [6, 6.07) is 21.9. The molecule has 0 aliphatic carbocycles. The largest absolute Gasteiger partial charge is 0.494 e. The summed E-state index contributed by atoms with van der Waals surface area (Å²) in [5.41, 5.74) is 1.79.